The predicted octanol–water partition coefficient (Wildman–Crippen LogP) is 0.259. The van der Waals surface area contributed by atoms with E-state index in [0.717, 1.165) is 6.42 Å². The summed E-state index contributed by atoms with van der Waals surface area (Å²) in [5.41, 5.74) is 0. The van der Waals surface area contributed by atoms with Crippen LogP contribution in [0.5, 0.6) is 0 Å². The van der Waals surface area contributed by atoms with Crippen molar-refractivity contribution in [2.45, 2.75) is 20.3 Å². The maximum atomic E-state index is 10.9. The Morgan fingerprint density at radius 3 is 2.46 bits per heavy atom. The second-order valence-corrected chi connectivity index (χ2v) is 2.42. The van der Waals surface area contributed by atoms with Crippen LogP contribution in [0.4, 0.5) is 4.79 Å². The van der Waals surface area contributed by atoms with Crippen LogP contribution < -0.4 is 10.6 Å². The summed E-state index contributed by atoms with van der Waals surface area (Å²) < 4.78 is 4.57. The molecule has 0 saturated carbocycles. The van der Waals surface area contributed by atoms with Crippen LogP contribution >= 0.6 is 0 Å². The molecule has 0 aromatic rings. The molecule has 2 amide bonds. The summed E-state index contributed by atoms with van der Waals surface area (Å²) in [6, 6.07) is 0. The van der Waals surface area contributed by atoms with E-state index in [0.29, 0.717) is 13.2 Å². The third-order valence-corrected chi connectivity index (χ3v) is 1.24. The highest BCUT2D eigenvalue weighted by Gasteiger charge is 2.03. The Kier molecular flexibility index (Phi) is 6.68. The molecule has 0 heterocycles. The smallest absolute Gasteiger partial charge is 0.407 e. The zero-order valence-corrected chi connectivity index (χ0v) is 8.05. The highest BCUT2D eigenvalue weighted by molar-refractivity contribution is 5.81. The van der Waals surface area contributed by atoms with E-state index in [4.69, 9.17) is 0 Å². The molecule has 0 spiro atoms. The molecule has 13 heavy (non-hydrogen) atoms. The van der Waals surface area contributed by atoms with Crippen molar-refractivity contribution in [3.63, 3.8) is 0 Å². The van der Waals surface area contributed by atoms with E-state index in [2.05, 4.69) is 15.4 Å². The molecule has 0 aliphatic carbocycles. The van der Waals surface area contributed by atoms with Crippen LogP contribution in [0.3, 0.4) is 0 Å². The van der Waals surface area contributed by atoms with Crippen LogP contribution in [0.15, 0.2) is 0 Å². The summed E-state index contributed by atoms with van der Waals surface area (Å²) in [4.78, 5) is 21.6. The van der Waals surface area contributed by atoms with Crippen molar-refractivity contribution in [2.24, 2.45) is 0 Å². The molecule has 0 aromatic carbocycles. The van der Waals surface area contributed by atoms with Crippen molar-refractivity contribution in [3.8, 4) is 0 Å². The summed E-state index contributed by atoms with van der Waals surface area (Å²) in [5, 5.41) is 4.94. The number of alkyl carbamates (subject to hydrolysis) is 1. The number of amides is 2. The molecule has 0 saturated heterocycles. The van der Waals surface area contributed by atoms with Crippen molar-refractivity contribution in [1.82, 2.24) is 10.6 Å². The quantitative estimate of drug-likeness (QED) is 0.650. The van der Waals surface area contributed by atoms with Gasteiger partial charge in [0.15, 0.2) is 0 Å². The van der Waals surface area contributed by atoms with Crippen molar-refractivity contribution in [2.75, 3.05) is 19.7 Å². The number of rotatable bonds is 5. The van der Waals surface area contributed by atoms with Gasteiger partial charge < -0.3 is 15.4 Å². The second kappa shape index (κ2) is 7.39. The number of nitrogens with one attached hydrogen (secondary N) is 2. The lowest BCUT2D eigenvalue weighted by atomic mass is 10.4. The fourth-order valence-corrected chi connectivity index (χ4v) is 0.661. The third-order valence-electron chi connectivity index (χ3n) is 1.24. The lowest BCUT2D eigenvalue weighted by Crippen LogP contribution is -2.37. The number of carbonyl (C=O) groups is 2. The van der Waals surface area contributed by atoms with Gasteiger partial charge in [-0.25, -0.2) is 4.79 Å². The Labute approximate surface area is 77.8 Å². The highest BCUT2D eigenvalue weighted by Crippen LogP contribution is 1.76. The highest BCUT2D eigenvalue weighted by atomic mass is 16.5. The summed E-state index contributed by atoms with van der Waals surface area (Å²) in [6.07, 6.45) is 0.319. The van der Waals surface area contributed by atoms with E-state index in [1.165, 1.54) is 0 Å². The van der Waals surface area contributed by atoms with Crippen molar-refractivity contribution >= 4 is 12.0 Å². The molecule has 5 heteroatoms. The van der Waals surface area contributed by atoms with Crippen LogP contribution in [-0.2, 0) is 9.53 Å². The van der Waals surface area contributed by atoms with Crippen molar-refractivity contribution in [1.29, 1.82) is 0 Å². The van der Waals surface area contributed by atoms with Gasteiger partial charge in [0.2, 0.25) is 5.91 Å². The first-order valence-electron chi connectivity index (χ1n) is 4.38. The molecule has 0 rings (SSSR count). The predicted molar refractivity (Wildman–Crippen MR) is 48.3 cm³/mol. The lowest BCUT2D eigenvalue weighted by molar-refractivity contribution is -0.120. The molecule has 5 nitrogen and oxygen atoms in total. The molecular weight excluding hydrogens is 172 g/mol. The van der Waals surface area contributed by atoms with Crippen LogP contribution in [0.25, 0.3) is 0 Å². The average Bonchev–Trinajstić information content (AvgIpc) is 2.12. The minimum Gasteiger partial charge on any atom is -0.450 e. The molecular formula is C8H16N2O3. The summed E-state index contributed by atoms with van der Waals surface area (Å²) in [5.74, 6) is -0.199. The zero-order valence-electron chi connectivity index (χ0n) is 8.05. The molecule has 0 atom stereocenters. The topological polar surface area (TPSA) is 67.4 Å². The molecule has 0 fully saturated rings. The monoisotopic (exact) mass is 188 g/mol. The van der Waals surface area contributed by atoms with Gasteiger partial charge in [-0.1, -0.05) is 6.92 Å². The molecule has 0 bridgehead atoms. The minimum absolute atomic E-state index is 0.0289. The summed E-state index contributed by atoms with van der Waals surface area (Å²) in [6.45, 7) is 4.57. The average molecular weight is 188 g/mol. The number of hydrogen-bond donors (Lipinski definition) is 2. The molecule has 0 radical (unpaired) electrons. The first-order valence-corrected chi connectivity index (χ1v) is 4.38. The SMILES string of the molecule is CCCNC(=O)CNC(=O)OCC. The van der Waals surface area contributed by atoms with Crippen molar-refractivity contribution < 1.29 is 14.3 Å². The zero-order chi connectivity index (χ0) is 10.1. The van der Waals surface area contributed by atoms with E-state index in [1.807, 2.05) is 6.92 Å². The largest absolute Gasteiger partial charge is 0.450 e. The van der Waals surface area contributed by atoms with Gasteiger partial charge in [0.1, 0.15) is 0 Å². The molecule has 76 valence electrons. The Balaban J connectivity index is 3.40. The fourth-order valence-electron chi connectivity index (χ4n) is 0.661. The summed E-state index contributed by atoms with van der Waals surface area (Å²) in [7, 11) is 0. The van der Waals surface area contributed by atoms with E-state index >= 15 is 0 Å². The van der Waals surface area contributed by atoms with Crippen LogP contribution in [-0.4, -0.2) is 31.7 Å². The molecule has 0 aromatic heterocycles. The van der Waals surface area contributed by atoms with Gasteiger partial charge >= 0.3 is 6.09 Å². The maximum Gasteiger partial charge on any atom is 0.407 e. The molecule has 0 aliphatic heterocycles. The number of hydrogen-bond acceptors (Lipinski definition) is 3. The second-order valence-electron chi connectivity index (χ2n) is 2.42. The van der Waals surface area contributed by atoms with Gasteiger partial charge in [-0.05, 0) is 13.3 Å². The summed E-state index contributed by atoms with van der Waals surface area (Å²) >= 11 is 0. The maximum absolute atomic E-state index is 10.9. The first-order chi connectivity index (χ1) is 6.20. The fraction of sp³-hybridized carbons (Fsp3) is 0.750. The van der Waals surface area contributed by atoms with Crippen molar-refractivity contribution in [3.05, 3.63) is 0 Å². The Hall–Kier alpha value is -1.26. The van der Waals surface area contributed by atoms with Gasteiger partial charge in [-0.2, -0.15) is 0 Å². The van der Waals surface area contributed by atoms with Gasteiger partial charge in [-0.15, -0.1) is 0 Å². The normalized spacial score (nSPS) is 9.08. The minimum atomic E-state index is -0.561. The van der Waals surface area contributed by atoms with Crippen LogP contribution in [0.2, 0.25) is 0 Å². The van der Waals surface area contributed by atoms with Gasteiger partial charge in [-0.3, -0.25) is 4.79 Å². The molecule has 2 N–H and O–H groups in total. The van der Waals surface area contributed by atoms with Crippen LogP contribution in [0.1, 0.15) is 20.3 Å². The van der Waals surface area contributed by atoms with Gasteiger partial charge in [0.05, 0.1) is 13.2 Å². The Morgan fingerprint density at radius 2 is 1.92 bits per heavy atom. The lowest BCUT2D eigenvalue weighted by Gasteiger charge is -2.05. The number of ether oxygens (including phenoxy) is 1. The number of carbonyl (C=O) groups excluding carboxylic acids is 2. The third kappa shape index (κ3) is 7.11. The van der Waals surface area contributed by atoms with E-state index < -0.39 is 6.09 Å². The Morgan fingerprint density at radius 1 is 1.23 bits per heavy atom. The van der Waals surface area contributed by atoms with E-state index in [1.54, 1.807) is 6.92 Å². The van der Waals surface area contributed by atoms with E-state index in [9.17, 15) is 9.59 Å². The molecule has 0 unspecified atom stereocenters. The van der Waals surface area contributed by atoms with Crippen LogP contribution in [0, 0.1) is 0 Å². The van der Waals surface area contributed by atoms with Gasteiger partial charge in [0.25, 0.3) is 0 Å². The standard InChI is InChI=1S/C8H16N2O3/c1-3-5-9-7(11)6-10-8(12)13-4-2/h3-6H2,1-2H3,(H,9,11)(H,10,12). The van der Waals surface area contributed by atoms with E-state index in [-0.39, 0.29) is 12.5 Å². The molecule has 0 aliphatic rings. The first kappa shape index (κ1) is 11.7. The van der Waals surface area contributed by atoms with Gasteiger partial charge in [0, 0.05) is 6.54 Å². The Bertz CT molecular complexity index is 171.